The van der Waals surface area contributed by atoms with Gasteiger partial charge in [-0.25, -0.2) is 0 Å². The topological polar surface area (TPSA) is 41.9 Å². The number of rotatable bonds is 6. The number of halogens is 1. The van der Waals surface area contributed by atoms with Gasteiger partial charge in [0, 0.05) is 0 Å². The van der Waals surface area contributed by atoms with E-state index in [1.807, 2.05) is 13.8 Å². The lowest BCUT2D eigenvalue weighted by atomic mass is 10.4. The molecule has 0 amide bonds. The first-order valence-corrected chi connectivity index (χ1v) is 3.92. The van der Waals surface area contributed by atoms with E-state index in [1.54, 1.807) is 6.92 Å². The maximum absolute atomic E-state index is 8.97. The van der Waals surface area contributed by atoms with Crippen molar-refractivity contribution in [2.24, 2.45) is 0 Å². The molecule has 0 heterocycles. The van der Waals surface area contributed by atoms with Crippen molar-refractivity contribution in [1.82, 2.24) is 5.23 Å². The lowest BCUT2D eigenvalue weighted by Gasteiger charge is -2.20. The van der Waals surface area contributed by atoms with Gasteiger partial charge < -0.3 is 5.11 Å². The molecule has 0 saturated carbocycles. The van der Waals surface area contributed by atoms with Crippen LogP contribution in [-0.4, -0.2) is 36.2 Å². The van der Waals surface area contributed by atoms with Gasteiger partial charge in [0.15, 0.2) is 0 Å². The minimum absolute atomic E-state index is 0. The molecule has 12 heavy (non-hydrogen) atoms. The van der Waals surface area contributed by atoms with Crippen molar-refractivity contribution in [3.8, 4) is 0 Å². The molecule has 0 aliphatic heterocycles. The summed E-state index contributed by atoms with van der Waals surface area (Å²) in [4.78, 5) is 10.1. The molecule has 0 aliphatic rings. The standard InChI is InChI=1S/C7H17NO3.ClH/c1-4-10-8(11-5-2)6-7(3)9;/h7,9H,4-6H2,1-3H3;1H. The molecule has 0 saturated heterocycles. The quantitative estimate of drug-likeness (QED) is 0.648. The Morgan fingerprint density at radius 3 is 1.92 bits per heavy atom. The van der Waals surface area contributed by atoms with E-state index in [2.05, 4.69) is 0 Å². The van der Waals surface area contributed by atoms with Gasteiger partial charge in [-0.05, 0) is 20.8 Å². The summed E-state index contributed by atoms with van der Waals surface area (Å²) >= 11 is 0. The number of hydrogen-bond donors (Lipinski definition) is 1. The molecule has 5 heteroatoms. The fourth-order valence-corrected chi connectivity index (χ4v) is 0.646. The van der Waals surface area contributed by atoms with Crippen LogP contribution in [0.5, 0.6) is 0 Å². The Labute approximate surface area is 79.8 Å². The fraction of sp³-hybridized carbons (Fsp3) is 1.00. The normalized spacial score (nSPS) is 12.8. The summed E-state index contributed by atoms with van der Waals surface area (Å²) in [5, 5.41) is 10.3. The van der Waals surface area contributed by atoms with Crippen LogP contribution in [0.4, 0.5) is 0 Å². The van der Waals surface area contributed by atoms with Gasteiger partial charge in [0.25, 0.3) is 0 Å². The first kappa shape index (κ1) is 14.6. The first-order chi connectivity index (χ1) is 5.20. The zero-order valence-electron chi connectivity index (χ0n) is 7.82. The van der Waals surface area contributed by atoms with Crippen molar-refractivity contribution < 1.29 is 14.8 Å². The molecule has 4 nitrogen and oxygen atoms in total. The summed E-state index contributed by atoms with van der Waals surface area (Å²) < 4.78 is 0. The highest BCUT2D eigenvalue weighted by Gasteiger charge is 2.06. The zero-order chi connectivity index (χ0) is 8.69. The lowest BCUT2D eigenvalue weighted by molar-refractivity contribution is -0.370. The van der Waals surface area contributed by atoms with Crippen LogP contribution >= 0.6 is 12.4 Å². The van der Waals surface area contributed by atoms with Crippen molar-refractivity contribution in [2.45, 2.75) is 26.9 Å². The largest absolute Gasteiger partial charge is 0.392 e. The molecule has 1 atom stereocenters. The molecule has 1 N–H and O–H groups in total. The maximum atomic E-state index is 8.97. The number of hydroxylamine groups is 2. The van der Waals surface area contributed by atoms with Crippen molar-refractivity contribution in [3.05, 3.63) is 0 Å². The molecular formula is C7H18ClNO3. The predicted octanol–water partition coefficient (Wildman–Crippen LogP) is 0.994. The van der Waals surface area contributed by atoms with E-state index in [9.17, 15) is 0 Å². The number of nitrogens with zero attached hydrogens (tertiary/aromatic N) is 1. The molecule has 0 aliphatic carbocycles. The fourth-order valence-electron chi connectivity index (χ4n) is 0.646. The molecule has 0 aromatic heterocycles. The Kier molecular flexibility index (Phi) is 11.3. The molecule has 0 aromatic rings. The smallest absolute Gasteiger partial charge is 0.0774 e. The van der Waals surface area contributed by atoms with E-state index in [-0.39, 0.29) is 12.4 Å². The highest BCUT2D eigenvalue weighted by Crippen LogP contribution is 1.94. The van der Waals surface area contributed by atoms with Gasteiger partial charge in [0.1, 0.15) is 0 Å². The summed E-state index contributed by atoms with van der Waals surface area (Å²) in [6, 6.07) is 0. The van der Waals surface area contributed by atoms with Crippen LogP contribution in [0, 0.1) is 0 Å². The van der Waals surface area contributed by atoms with Crippen molar-refractivity contribution in [3.63, 3.8) is 0 Å². The van der Waals surface area contributed by atoms with E-state index in [0.29, 0.717) is 19.8 Å². The highest BCUT2D eigenvalue weighted by atomic mass is 35.5. The third-order valence-electron chi connectivity index (χ3n) is 0.959. The second-order valence-corrected chi connectivity index (χ2v) is 2.20. The van der Waals surface area contributed by atoms with Crippen LogP contribution < -0.4 is 0 Å². The Hall–Kier alpha value is 0.130. The lowest BCUT2D eigenvalue weighted by Crippen LogP contribution is -2.31. The van der Waals surface area contributed by atoms with Gasteiger partial charge in [-0.2, -0.15) is 0 Å². The second kappa shape index (κ2) is 9.22. The van der Waals surface area contributed by atoms with Crippen LogP contribution in [0.1, 0.15) is 20.8 Å². The average Bonchev–Trinajstić information content (AvgIpc) is 1.87. The molecule has 0 rings (SSSR count). The minimum atomic E-state index is -0.437. The molecule has 0 bridgehead atoms. The monoisotopic (exact) mass is 199 g/mol. The van der Waals surface area contributed by atoms with Gasteiger partial charge in [-0.1, -0.05) is 5.23 Å². The van der Waals surface area contributed by atoms with E-state index in [1.165, 1.54) is 5.23 Å². The number of hydrogen-bond acceptors (Lipinski definition) is 4. The van der Waals surface area contributed by atoms with Gasteiger partial charge in [0.05, 0.1) is 25.9 Å². The molecule has 0 fully saturated rings. The maximum Gasteiger partial charge on any atom is 0.0774 e. The molecule has 1 unspecified atom stereocenters. The molecule has 0 radical (unpaired) electrons. The van der Waals surface area contributed by atoms with Gasteiger partial charge in [-0.15, -0.1) is 12.4 Å². The number of aliphatic hydroxyl groups is 1. The average molecular weight is 200 g/mol. The Morgan fingerprint density at radius 2 is 1.67 bits per heavy atom. The minimum Gasteiger partial charge on any atom is -0.392 e. The van der Waals surface area contributed by atoms with Gasteiger partial charge in [-0.3, -0.25) is 9.68 Å². The van der Waals surface area contributed by atoms with E-state index >= 15 is 0 Å². The van der Waals surface area contributed by atoms with Crippen LogP contribution in [0.25, 0.3) is 0 Å². The van der Waals surface area contributed by atoms with E-state index < -0.39 is 6.10 Å². The first-order valence-electron chi connectivity index (χ1n) is 3.92. The summed E-state index contributed by atoms with van der Waals surface area (Å²) in [5.74, 6) is 0. The van der Waals surface area contributed by atoms with E-state index in [4.69, 9.17) is 14.8 Å². The third kappa shape index (κ3) is 8.23. The predicted molar refractivity (Wildman–Crippen MR) is 48.9 cm³/mol. The van der Waals surface area contributed by atoms with Gasteiger partial charge in [0.2, 0.25) is 0 Å². The van der Waals surface area contributed by atoms with E-state index in [0.717, 1.165) is 0 Å². The van der Waals surface area contributed by atoms with Crippen LogP contribution in [0.2, 0.25) is 0 Å². The summed E-state index contributed by atoms with van der Waals surface area (Å²) in [7, 11) is 0. The highest BCUT2D eigenvalue weighted by molar-refractivity contribution is 5.85. The van der Waals surface area contributed by atoms with Crippen molar-refractivity contribution in [1.29, 1.82) is 0 Å². The Bertz CT molecular complexity index is 86.7. The number of aliphatic hydroxyl groups excluding tert-OH is 1. The molecular weight excluding hydrogens is 182 g/mol. The molecule has 0 aromatic carbocycles. The third-order valence-corrected chi connectivity index (χ3v) is 0.959. The second-order valence-electron chi connectivity index (χ2n) is 2.20. The summed E-state index contributed by atoms with van der Waals surface area (Å²) in [6.45, 7) is 6.90. The molecule has 76 valence electrons. The zero-order valence-corrected chi connectivity index (χ0v) is 8.63. The van der Waals surface area contributed by atoms with Crippen molar-refractivity contribution in [2.75, 3.05) is 19.8 Å². The Morgan fingerprint density at radius 1 is 1.25 bits per heavy atom. The SMILES string of the molecule is CCON(CC(C)O)OCC.Cl. The van der Waals surface area contributed by atoms with Crippen molar-refractivity contribution >= 4 is 12.4 Å². The van der Waals surface area contributed by atoms with Crippen LogP contribution in [0.15, 0.2) is 0 Å². The van der Waals surface area contributed by atoms with Crippen LogP contribution in [-0.2, 0) is 9.68 Å². The summed E-state index contributed by atoms with van der Waals surface area (Å²) in [6.07, 6.45) is -0.437. The summed E-state index contributed by atoms with van der Waals surface area (Å²) in [5.41, 5.74) is 0. The Balaban J connectivity index is 0. The van der Waals surface area contributed by atoms with Crippen LogP contribution in [0.3, 0.4) is 0 Å². The van der Waals surface area contributed by atoms with Gasteiger partial charge >= 0.3 is 0 Å². The molecule has 0 spiro atoms.